The van der Waals surface area contributed by atoms with E-state index in [2.05, 4.69) is 223 Å². The van der Waals surface area contributed by atoms with Crippen molar-refractivity contribution in [1.82, 2.24) is 0 Å². The van der Waals surface area contributed by atoms with Gasteiger partial charge in [0.15, 0.2) is 0 Å². The maximum Gasteiger partial charge on any atom is 0.136 e. The molecule has 0 aliphatic carbocycles. The van der Waals surface area contributed by atoms with Crippen molar-refractivity contribution in [3.8, 4) is 22.3 Å². The van der Waals surface area contributed by atoms with Gasteiger partial charge >= 0.3 is 0 Å². The average molecular weight is 812 g/mol. The summed E-state index contributed by atoms with van der Waals surface area (Å²) in [5, 5.41) is 20.0. The second kappa shape index (κ2) is 13.5. The van der Waals surface area contributed by atoms with E-state index in [-0.39, 0.29) is 0 Å². The lowest BCUT2D eigenvalue weighted by Crippen LogP contribution is -2.10. The summed E-state index contributed by atoms with van der Waals surface area (Å²) in [6.07, 6.45) is 0. The summed E-state index contributed by atoms with van der Waals surface area (Å²) in [4.78, 5) is 2.43. The summed E-state index contributed by atoms with van der Waals surface area (Å²) in [6, 6.07) is 82.6. The lowest BCUT2D eigenvalue weighted by molar-refractivity contribution is 0.669. The lowest BCUT2D eigenvalue weighted by Gasteiger charge is -2.27. The highest BCUT2D eigenvalue weighted by molar-refractivity contribution is 6.37. The molecule has 1 heterocycles. The number of hydrogen-bond donors (Lipinski definition) is 0. The highest BCUT2D eigenvalue weighted by atomic mass is 16.3. The number of nitrogens with zero attached hydrogens (tertiary/aromatic N) is 1. The van der Waals surface area contributed by atoms with Crippen LogP contribution in [0.15, 0.2) is 229 Å². The van der Waals surface area contributed by atoms with E-state index < -0.39 is 0 Å². The van der Waals surface area contributed by atoms with Crippen molar-refractivity contribution < 1.29 is 4.42 Å². The van der Waals surface area contributed by atoms with Crippen LogP contribution in [0.3, 0.4) is 0 Å². The topological polar surface area (TPSA) is 16.4 Å². The molecule has 0 N–H and O–H groups in total. The van der Waals surface area contributed by atoms with Crippen LogP contribution in [0.4, 0.5) is 17.1 Å². The van der Waals surface area contributed by atoms with Crippen LogP contribution in [-0.2, 0) is 0 Å². The van der Waals surface area contributed by atoms with Gasteiger partial charge < -0.3 is 9.32 Å². The summed E-state index contributed by atoms with van der Waals surface area (Å²) in [5.41, 5.74) is 9.80. The van der Waals surface area contributed by atoms with Gasteiger partial charge in [-0.05, 0) is 146 Å². The Labute approximate surface area is 368 Å². The Morgan fingerprint density at radius 1 is 0.250 bits per heavy atom. The standard InChI is InChI=1S/C62H37NO/c1-2-15-48-38(10-1)11-5-17-49(48)39-28-32-45(33-29-39)63(46-34-30-40(31-35-46)50-18-9-23-57-62(50)54-16-3-4-22-56(54)64-57)47-36-44-27-26-43-13-7-20-52-51-19-6-12-41-24-25-42-14-8-21-53(60(42)58(41)51)55(37-47)61(44)59(43)52/h1-37H. The first-order chi connectivity index (χ1) is 31.7. The molecule has 1 aromatic heterocycles. The zero-order valence-corrected chi connectivity index (χ0v) is 34.7. The second-order valence-electron chi connectivity index (χ2n) is 17.2. The zero-order valence-electron chi connectivity index (χ0n) is 34.7. The van der Waals surface area contributed by atoms with Gasteiger partial charge in [-0.3, -0.25) is 0 Å². The van der Waals surface area contributed by atoms with E-state index in [1.54, 1.807) is 0 Å². The Bertz CT molecular complexity index is 4170. The lowest BCUT2D eigenvalue weighted by atomic mass is 9.87. The number of fused-ring (bicyclic) bond motifs is 6. The fraction of sp³-hybridized carbons (Fsp3) is 0. The molecule has 0 amide bonds. The van der Waals surface area contributed by atoms with Crippen molar-refractivity contribution in [2.24, 2.45) is 0 Å². The largest absolute Gasteiger partial charge is 0.456 e. The quantitative estimate of drug-likeness (QED) is 0.161. The number of anilines is 3. The van der Waals surface area contributed by atoms with Crippen LogP contribution in [0.1, 0.15) is 0 Å². The predicted molar refractivity (Wildman–Crippen MR) is 273 cm³/mol. The van der Waals surface area contributed by atoms with Crippen molar-refractivity contribution in [3.05, 3.63) is 224 Å². The van der Waals surface area contributed by atoms with Crippen LogP contribution in [0.25, 0.3) is 120 Å². The molecule has 0 saturated heterocycles. The van der Waals surface area contributed by atoms with Gasteiger partial charge in [-0.2, -0.15) is 0 Å². The number of benzene rings is 12. The first kappa shape index (κ1) is 35.2. The van der Waals surface area contributed by atoms with Gasteiger partial charge in [0, 0.05) is 27.8 Å². The number of rotatable bonds is 5. The minimum atomic E-state index is 0.900. The van der Waals surface area contributed by atoms with E-state index in [9.17, 15) is 0 Å². The van der Waals surface area contributed by atoms with Crippen molar-refractivity contribution in [1.29, 1.82) is 0 Å². The van der Waals surface area contributed by atoms with Crippen molar-refractivity contribution >= 4 is 114 Å². The normalized spacial score (nSPS) is 12.1. The Balaban J connectivity index is 1.03. The molecule has 13 aromatic carbocycles. The van der Waals surface area contributed by atoms with E-state index in [1.807, 2.05) is 6.07 Å². The second-order valence-corrected chi connectivity index (χ2v) is 17.2. The third-order valence-corrected chi connectivity index (χ3v) is 13.7. The van der Waals surface area contributed by atoms with Crippen LogP contribution in [-0.4, -0.2) is 0 Å². The molecule has 296 valence electrons. The number of hydrogen-bond acceptors (Lipinski definition) is 2. The summed E-state index contributed by atoms with van der Waals surface area (Å²) in [5.74, 6) is 0. The molecule has 0 fully saturated rings. The molecule has 0 spiro atoms. The molecule has 0 aliphatic rings. The van der Waals surface area contributed by atoms with Crippen molar-refractivity contribution in [3.63, 3.8) is 0 Å². The van der Waals surface area contributed by atoms with Gasteiger partial charge in [-0.25, -0.2) is 0 Å². The van der Waals surface area contributed by atoms with Gasteiger partial charge in [0.05, 0.1) is 0 Å². The Kier molecular flexibility index (Phi) is 7.43. The molecule has 14 rings (SSSR count). The fourth-order valence-electron chi connectivity index (χ4n) is 10.9. The van der Waals surface area contributed by atoms with Crippen LogP contribution >= 0.6 is 0 Å². The molecule has 0 aliphatic heterocycles. The third kappa shape index (κ3) is 5.14. The Morgan fingerprint density at radius 2 is 0.703 bits per heavy atom. The van der Waals surface area contributed by atoms with Crippen molar-refractivity contribution in [2.45, 2.75) is 0 Å². The van der Waals surface area contributed by atoms with E-state index in [0.29, 0.717) is 0 Å². The smallest absolute Gasteiger partial charge is 0.136 e. The van der Waals surface area contributed by atoms with E-state index in [4.69, 9.17) is 4.42 Å². The van der Waals surface area contributed by atoms with Crippen LogP contribution in [0, 0.1) is 0 Å². The molecule has 0 bridgehead atoms. The first-order valence-electron chi connectivity index (χ1n) is 22.1. The fourth-order valence-corrected chi connectivity index (χ4v) is 10.9. The molecular weight excluding hydrogens is 775 g/mol. The van der Waals surface area contributed by atoms with E-state index >= 15 is 0 Å². The third-order valence-electron chi connectivity index (χ3n) is 13.7. The van der Waals surface area contributed by atoms with Gasteiger partial charge in [-0.1, -0.05) is 176 Å². The van der Waals surface area contributed by atoms with Gasteiger partial charge in [0.2, 0.25) is 0 Å². The van der Waals surface area contributed by atoms with Crippen LogP contribution in [0.5, 0.6) is 0 Å². The SMILES string of the molecule is c1ccc2c(-c3ccc(N(c4ccc(-c5cccc6oc7ccccc7c56)cc4)c4cc5ccc6cccc7c8cccc9ccc%10cccc(c(c4)c5c67)c%10c98)cc3)cccc2c1. The monoisotopic (exact) mass is 811 g/mol. The molecule has 64 heavy (non-hydrogen) atoms. The van der Waals surface area contributed by atoms with E-state index in [1.165, 1.54) is 86.5 Å². The maximum atomic E-state index is 6.31. The number of para-hydroxylation sites is 1. The van der Waals surface area contributed by atoms with Gasteiger partial charge in [0.25, 0.3) is 0 Å². The summed E-state index contributed by atoms with van der Waals surface area (Å²) in [6.45, 7) is 0. The molecule has 0 saturated carbocycles. The minimum absolute atomic E-state index is 0.900. The zero-order chi connectivity index (χ0) is 41.9. The van der Waals surface area contributed by atoms with E-state index in [0.717, 1.165) is 50.1 Å². The average Bonchev–Trinajstić information content (AvgIpc) is 3.74. The molecule has 0 radical (unpaired) electrons. The minimum Gasteiger partial charge on any atom is -0.456 e. The van der Waals surface area contributed by atoms with Gasteiger partial charge in [-0.15, -0.1) is 0 Å². The molecule has 0 unspecified atom stereocenters. The Morgan fingerprint density at radius 3 is 1.38 bits per heavy atom. The van der Waals surface area contributed by atoms with Crippen LogP contribution < -0.4 is 4.90 Å². The van der Waals surface area contributed by atoms with Crippen LogP contribution in [0.2, 0.25) is 0 Å². The highest BCUT2D eigenvalue weighted by Gasteiger charge is 2.20. The number of furan rings is 1. The van der Waals surface area contributed by atoms with Gasteiger partial charge in [0.1, 0.15) is 11.2 Å². The molecule has 2 heteroatoms. The highest BCUT2D eigenvalue weighted by Crippen LogP contribution is 2.47. The summed E-state index contributed by atoms with van der Waals surface area (Å²) < 4.78 is 6.31. The summed E-state index contributed by atoms with van der Waals surface area (Å²) >= 11 is 0. The first-order valence-corrected chi connectivity index (χ1v) is 22.1. The molecule has 2 nitrogen and oxygen atoms in total. The maximum absolute atomic E-state index is 6.31. The van der Waals surface area contributed by atoms with Crippen molar-refractivity contribution in [2.75, 3.05) is 4.90 Å². The molecule has 14 aromatic rings. The molecule has 0 atom stereocenters. The molecular formula is C62H37NO. The summed E-state index contributed by atoms with van der Waals surface area (Å²) in [7, 11) is 0. The Hall–Kier alpha value is -8.46. The predicted octanol–water partition coefficient (Wildman–Crippen LogP) is 17.9.